The fourth-order valence-electron chi connectivity index (χ4n) is 2.96. The molecule has 0 aromatic heterocycles. The molecule has 0 aromatic carbocycles. The maximum absolute atomic E-state index is 12.0. The van der Waals surface area contributed by atoms with E-state index in [9.17, 15) is 22.8 Å². The number of imide groups is 1. The highest BCUT2D eigenvalue weighted by atomic mass is 19.4. The number of rotatable bonds is 5. The van der Waals surface area contributed by atoms with Crippen LogP contribution in [-0.2, 0) is 9.53 Å². The fraction of sp³-hybridized carbons (Fsp3) is 0.846. The molecule has 2 aliphatic heterocycles. The molecule has 2 heterocycles. The van der Waals surface area contributed by atoms with Gasteiger partial charge in [-0.2, -0.15) is 13.2 Å². The lowest BCUT2D eigenvalue weighted by atomic mass is 9.80. The van der Waals surface area contributed by atoms with Gasteiger partial charge in [0.1, 0.15) is 12.1 Å². The molecule has 0 radical (unpaired) electrons. The van der Waals surface area contributed by atoms with Crippen LogP contribution >= 0.6 is 0 Å². The number of hydrogen-bond donors (Lipinski definition) is 2. The second-order valence-corrected chi connectivity index (χ2v) is 5.92. The molecule has 126 valence electrons. The summed E-state index contributed by atoms with van der Waals surface area (Å²) >= 11 is 0. The van der Waals surface area contributed by atoms with Crippen LogP contribution < -0.4 is 10.6 Å². The third-order valence-corrected chi connectivity index (χ3v) is 4.21. The zero-order valence-electron chi connectivity index (χ0n) is 12.3. The van der Waals surface area contributed by atoms with Crippen LogP contribution in [0.5, 0.6) is 0 Å². The van der Waals surface area contributed by atoms with Gasteiger partial charge in [0.25, 0.3) is 5.91 Å². The van der Waals surface area contributed by atoms with Crippen molar-refractivity contribution in [1.82, 2.24) is 15.5 Å². The summed E-state index contributed by atoms with van der Waals surface area (Å²) in [5.74, 6) is -0.423. The van der Waals surface area contributed by atoms with E-state index in [4.69, 9.17) is 0 Å². The molecule has 22 heavy (non-hydrogen) atoms. The number of halogens is 3. The van der Waals surface area contributed by atoms with Crippen molar-refractivity contribution in [2.24, 2.45) is 5.92 Å². The fourth-order valence-corrected chi connectivity index (χ4v) is 2.96. The normalized spacial score (nSPS) is 30.3. The first kappa shape index (κ1) is 17.0. The lowest BCUT2D eigenvalue weighted by Gasteiger charge is -2.39. The predicted molar refractivity (Wildman–Crippen MR) is 71.1 cm³/mol. The average Bonchev–Trinajstić information content (AvgIpc) is 2.68. The second kappa shape index (κ2) is 6.41. The van der Waals surface area contributed by atoms with E-state index in [-0.39, 0.29) is 18.4 Å². The number of hydrogen-bond acceptors (Lipinski definition) is 4. The Labute approximate surface area is 126 Å². The van der Waals surface area contributed by atoms with E-state index in [1.165, 1.54) is 0 Å². The molecule has 3 amide bonds. The lowest BCUT2D eigenvalue weighted by molar-refractivity contribution is -0.174. The highest BCUT2D eigenvalue weighted by Gasteiger charge is 2.48. The van der Waals surface area contributed by atoms with Gasteiger partial charge >= 0.3 is 12.2 Å². The van der Waals surface area contributed by atoms with Gasteiger partial charge in [0.05, 0.1) is 6.61 Å². The van der Waals surface area contributed by atoms with Gasteiger partial charge in [-0.3, -0.25) is 10.1 Å². The van der Waals surface area contributed by atoms with Crippen LogP contribution in [0.1, 0.15) is 19.8 Å². The minimum Gasteiger partial charge on any atom is -0.371 e. The van der Waals surface area contributed by atoms with E-state index < -0.39 is 24.4 Å². The van der Waals surface area contributed by atoms with Crippen molar-refractivity contribution in [3.63, 3.8) is 0 Å². The van der Waals surface area contributed by atoms with E-state index in [2.05, 4.69) is 15.4 Å². The van der Waals surface area contributed by atoms with E-state index in [1.807, 2.05) is 4.90 Å². The molecule has 2 N–H and O–H groups in total. The Kier molecular flexibility index (Phi) is 4.96. The zero-order chi connectivity index (χ0) is 16.4. The van der Waals surface area contributed by atoms with Gasteiger partial charge in [-0.05, 0) is 26.3 Å². The standard InChI is InChI=1S/C13H20F3N3O3/c1-12(10(20)17-11(21)18-12)9-3-2-4-19(7-9)5-6-22-8-13(14,15)16/h9H,2-8H2,1H3,(H2,17,18,20,21). The number of likely N-dealkylation sites (tertiary alicyclic amines) is 1. The molecule has 0 spiro atoms. The maximum Gasteiger partial charge on any atom is 0.411 e. The van der Waals surface area contributed by atoms with Gasteiger partial charge in [0.2, 0.25) is 0 Å². The van der Waals surface area contributed by atoms with E-state index >= 15 is 0 Å². The minimum atomic E-state index is -4.32. The Balaban J connectivity index is 1.82. The van der Waals surface area contributed by atoms with Gasteiger partial charge in [-0.15, -0.1) is 0 Å². The number of ether oxygens (including phenoxy) is 1. The molecule has 2 aliphatic rings. The third-order valence-electron chi connectivity index (χ3n) is 4.21. The molecular weight excluding hydrogens is 303 g/mol. The van der Waals surface area contributed by atoms with Gasteiger partial charge in [-0.1, -0.05) is 0 Å². The first-order chi connectivity index (χ1) is 10.2. The topological polar surface area (TPSA) is 70.7 Å². The maximum atomic E-state index is 12.0. The summed E-state index contributed by atoms with van der Waals surface area (Å²) in [6.07, 6.45) is -2.71. The summed E-state index contributed by atoms with van der Waals surface area (Å²) in [4.78, 5) is 25.2. The van der Waals surface area contributed by atoms with Gasteiger partial charge < -0.3 is 15.0 Å². The molecule has 0 aromatic rings. The molecule has 0 bridgehead atoms. The number of alkyl halides is 3. The summed E-state index contributed by atoms with van der Waals surface area (Å²) in [6.45, 7) is 2.08. The van der Waals surface area contributed by atoms with Crippen LogP contribution in [0.4, 0.5) is 18.0 Å². The van der Waals surface area contributed by atoms with Crippen molar-refractivity contribution in [2.75, 3.05) is 32.8 Å². The quantitative estimate of drug-likeness (QED) is 0.582. The smallest absolute Gasteiger partial charge is 0.371 e. The molecular formula is C13H20F3N3O3. The number of nitrogens with one attached hydrogen (secondary N) is 2. The predicted octanol–water partition coefficient (Wildman–Crippen LogP) is 0.875. The Morgan fingerprint density at radius 3 is 2.73 bits per heavy atom. The first-order valence-electron chi connectivity index (χ1n) is 7.21. The van der Waals surface area contributed by atoms with Crippen molar-refractivity contribution in [3.8, 4) is 0 Å². The van der Waals surface area contributed by atoms with Gasteiger partial charge in [0.15, 0.2) is 0 Å². The SMILES string of the molecule is CC1(C2CCCN(CCOCC(F)(F)F)C2)NC(=O)NC1=O. The van der Waals surface area contributed by atoms with E-state index in [0.29, 0.717) is 13.1 Å². The van der Waals surface area contributed by atoms with Crippen LogP contribution in [0.15, 0.2) is 0 Å². The number of amides is 3. The van der Waals surface area contributed by atoms with Crippen molar-refractivity contribution >= 4 is 11.9 Å². The molecule has 2 fully saturated rings. The van der Waals surface area contributed by atoms with Crippen molar-refractivity contribution < 1.29 is 27.5 Å². The van der Waals surface area contributed by atoms with Crippen molar-refractivity contribution in [2.45, 2.75) is 31.5 Å². The number of nitrogens with zero attached hydrogens (tertiary/aromatic N) is 1. The molecule has 2 saturated heterocycles. The molecule has 2 rings (SSSR count). The summed E-state index contributed by atoms with van der Waals surface area (Å²) in [7, 11) is 0. The van der Waals surface area contributed by atoms with Crippen LogP contribution in [0.2, 0.25) is 0 Å². The van der Waals surface area contributed by atoms with E-state index in [0.717, 1.165) is 19.4 Å². The highest BCUT2D eigenvalue weighted by Crippen LogP contribution is 2.29. The Hall–Kier alpha value is -1.35. The highest BCUT2D eigenvalue weighted by molar-refractivity contribution is 6.06. The number of carbonyl (C=O) groups is 2. The van der Waals surface area contributed by atoms with Gasteiger partial charge in [0, 0.05) is 19.0 Å². The number of urea groups is 1. The van der Waals surface area contributed by atoms with Crippen LogP contribution in [0.25, 0.3) is 0 Å². The Morgan fingerprint density at radius 2 is 2.14 bits per heavy atom. The first-order valence-corrected chi connectivity index (χ1v) is 7.21. The Morgan fingerprint density at radius 1 is 1.41 bits per heavy atom. The summed E-state index contributed by atoms with van der Waals surface area (Å²) in [6, 6.07) is -0.502. The van der Waals surface area contributed by atoms with Crippen LogP contribution in [0, 0.1) is 5.92 Å². The average molecular weight is 323 g/mol. The van der Waals surface area contributed by atoms with Crippen LogP contribution in [-0.4, -0.2) is 61.4 Å². The zero-order valence-corrected chi connectivity index (χ0v) is 12.3. The molecule has 2 unspecified atom stereocenters. The Bertz CT molecular complexity index is 444. The minimum absolute atomic E-state index is 0.0124. The molecule has 2 atom stereocenters. The monoisotopic (exact) mass is 323 g/mol. The largest absolute Gasteiger partial charge is 0.411 e. The number of piperidine rings is 1. The molecule has 6 nitrogen and oxygen atoms in total. The molecule has 0 aliphatic carbocycles. The molecule has 0 saturated carbocycles. The van der Waals surface area contributed by atoms with Crippen LogP contribution in [0.3, 0.4) is 0 Å². The van der Waals surface area contributed by atoms with Crippen molar-refractivity contribution in [1.29, 1.82) is 0 Å². The van der Waals surface area contributed by atoms with Crippen molar-refractivity contribution in [3.05, 3.63) is 0 Å². The third kappa shape index (κ3) is 4.10. The molecule has 9 heteroatoms. The van der Waals surface area contributed by atoms with E-state index in [1.54, 1.807) is 6.92 Å². The number of carbonyl (C=O) groups excluding carboxylic acids is 2. The lowest BCUT2D eigenvalue weighted by Crippen LogP contribution is -2.56. The summed E-state index contributed by atoms with van der Waals surface area (Å²) in [5.41, 5.74) is -0.956. The van der Waals surface area contributed by atoms with Gasteiger partial charge in [-0.25, -0.2) is 4.79 Å². The summed E-state index contributed by atoms with van der Waals surface area (Å²) < 4.78 is 40.6. The second-order valence-electron chi connectivity index (χ2n) is 5.92. The summed E-state index contributed by atoms with van der Waals surface area (Å²) in [5, 5.41) is 4.88.